The average molecular weight is 789 g/mol. The lowest BCUT2D eigenvalue weighted by Gasteiger charge is -2.42. The molecule has 11 aromatic rings. The van der Waals surface area contributed by atoms with E-state index in [0.717, 1.165) is 82.7 Å². The van der Waals surface area contributed by atoms with Gasteiger partial charge in [-0.2, -0.15) is 0 Å². The summed E-state index contributed by atoms with van der Waals surface area (Å²) >= 11 is 0. The number of aryl methyl sites for hydroxylation is 1. The molecule has 2 aromatic heterocycles. The summed E-state index contributed by atoms with van der Waals surface area (Å²) in [5, 5.41) is 12.6. The fraction of sp³-hybridized carbons (Fsp3) is 0.123. The second-order valence-corrected chi connectivity index (χ2v) is 17.9. The molecule has 0 atom stereocenters. The quantitative estimate of drug-likeness (QED) is 0.189. The molecule has 4 nitrogen and oxygen atoms in total. The second kappa shape index (κ2) is 12.8. The van der Waals surface area contributed by atoms with Crippen molar-refractivity contribution in [1.82, 2.24) is 0 Å². The average Bonchev–Trinajstić information content (AvgIpc) is 3.83. The lowest BCUT2D eigenvalue weighted by atomic mass is 9.73. The van der Waals surface area contributed by atoms with Crippen LogP contribution in [0.2, 0.25) is 0 Å². The fourth-order valence-corrected chi connectivity index (χ4v) is 10.3. The van der Waals surface area contributed by atoms with E-state index in [1.807, 2.05) is 0 Å². The number of rotatable bonds is 5. The van der Waals surface area contributed by atoms with Gasteiger partial charge in [-0.1, -0.05) is 125 Å². The van der Waals surface area contributed by atoms with Gasteiger partial charge in [-0.25, -0.2) is 0 Å². The summed E-state index contributed by atoms with van der Waals surface area (Å²) in [5.41, 5.74) is 15.1. The molecule has 0 unspecified atom stereocenters. The van der Waals surface area contributed by atoms with Crippen LogP contribution in [0, 0.1) is 6.92 Å². The number of hydrogen-bond acceptors (Lipinski definition) is 4. The Morgan fingerprint density at radius 3 is 1.89 bits per heavy atom. The topological polar surface area (TPSA) is 41.6 Å². The summed E-state index contributed by atoms with van der Waals surface area (Å²) in [4.78, 5) is 2.41. The van der Waals surface area contributed by atoms with Crippen LogP contribution in [0.4, 0.5) is 28.4 Å². The molecular weight excluding hydrogens is 745 g/mol. The Labute approximate surface area is 354 Å². The first-order valence-corrected chi connectivity index (χ1v) is 21.2. The Bertz CT molecular complexity index is 3540. The van der Waals surface area contributed by atoms with Crippen molar-refractivity contribution in [3.63, 3.8) is 0 Å². The standard InChI is InChI=1S/C57H44N2O2/c1-34-27-43-42-30-36-24-26-41(59-49-21-13-10-18-46(49)57(4,5)47-19-11-14-22-50(47)59)29-38(36)33-51(42)61-55(43)53-44-31-35-23-25-40(28-37(35)32-52(44)60-54(34)53)58-48-20-12-9-17-45(48)56(2,3)39-15-7-6-8-16-39/h6-33,58H,1-5H3. The van der Waals surface area contributed by atoms with Crippen molar-refractivity contribution >= 4 is 93.9 Å². The predicted molar refractivity (Wildman–Crippen MR) is 256 cm³/mol. The van der Waals surface area contributed by atoms with Gasteiger partial charge in [-0.3, -0.25) is 0 Å². The summed E-state index contributed by atoms with van der Waals surface area (Å²) < 4.78 is 13.6. The lowest BCUT2D eigenvalue weighted by molar-refractivity contribution is 0.632. The molecular formula is C57H44N2O2. The molecule has 294 valence electrons. The molecule has 0 radical (unpaired) electrons. The van der Waals surface area contributed by atoms with E-state index >= 15 is 0 Å². The van der Waals surface area contributed by atoms with Crippen LogP contribution in [0.25, 0.3) is 65.4 Å². The van der Waals surface area contributed by atoms with E-state index in [1.165, 1.54) is 39.0 Å². The van der Waals surface area contributed by atoms with Crippen molar-refractivity contribution in [2.75, 3.05) is 10.2 Å². The van der Waals surface area contributed by atoms with Gasteiger partial charge in [0.25, 0.3) is 0 Å². The number of anilines is 5. The van der Waals surface area contributed by atoms with E-state index in [1.54, 1.807) is 0 Å². The van der Waals surface area contributed by atoms with E-state index in [0.29, 0.717) is 0 Å². The molecule has 0 fully saturated rings. The van der Waals surface area contributed by atoms with Gasteiger partial charge < -0.3 is 19.1 Å². The van der Waals surface area contributed by atoms with E-state index in [4.69, 9.17) is 8.83 Å². The highest BCUT2D eigenvalue weighted by Crippen LogP contribution is 2.52. The highest BCUT2D eigenvalue weighted by Gasteiger charge is 2.36. The Kier molecular flexibility index (Phi) is 7.51. The summed E-state index contributed by atoms with van der Waals surface area (Å²) in [6.45, 7) is 11.4. The van der Waals surface area contributed by atoms with Gasteiger partial charge >= 0.3 is 0 Å². The van der Waals surface area contributed by atoms with Crippen molar-refractivity contribution in [1.29, 1.82) is 0 Å². The van der Waals surface area contributed by atoms with Crippen molar-refractivity contribution in [2.45, 2.75) is 45.4 Å². The maximum atomic E-state index is 6.90. The molecule has 4 heteroatoms. The van der Waals surface area contributed by atoms with E-state index in [-0.39, 0.29) is 10.8 Å². The first-order valence-electron chi connectivity index (χ1n) is 21.2. The maximum Gasteiger partial charge on any atom is 0.147 e. The van der Waals surface area contributed by atoms with Gasteiger partial charge in [-0.05, 0) is 129 Å². The number of hydrogen-bond donors (Lipinski definition) is 1. The van der Waals surface area contributed by atoms with Crippen molar-refractivity contribution in [2.24, 2.45) is 0 Å². The molecule has 9 aromatic carbocycles. The molecule has 0 saturated carbocycles. The summed E-state index contributed by atoms with van der Waals surface area (Å²) in [7, 11) is 0. The van der Waals surface area contributed by atoms with Gasteiger partial charge in [0, 0.05) is 44.1 Å². The van der Waals surface area contributed by atoms with Crippen LogP contribution in [0.5, 0.6) is 0 Å². The third-order valence-electron chi connectivity index (χ3n) is 13.5. The molecule has 0 amide bonds. The Morgan fingerprint density at radius 2 is 1.13 bits per heavy atom. The Morgan fingerprint density at radius 1 is 0.525 bits per heavy atom. The zero-order valence-corrected chi connectivity index (χ0v) is 34.9. The Balaban J connectivity index is 0.954. The minimum atomic E-state index is -0.178. The number of fused-ring (bicyclic) bond motifs is 11. The van der Waals surface area contributed by atoms with Gasteiger partial charge in [0.1, 0.15) is 22.3 Å². The van der Waals surface area contributed by atoms with Gasteiger partial charge in [0.15, 0.2) is 0 Å². The third-order valence-corrected chi connectivity index (χ3v) is 13.5. The number of para-hydroxylation sites is 3. The molecule has 12 rings (SSSR count). The van der Waals surface area contributed by atoms with Crippen LogP contribution < -0.4 is 10.2 Å². The summed E-state index contributed by atoms with van der Waals surface area (Å²) in [6.07, 6.45) is 0. The summed E-state index contributed by atoms with van der Waals surface area (Å²) in [5.74, 6) is 0. The predicted octanol–water partition coefficient (Wildman–Crippen LogP) is 16.3. The minimum Gasteiger partial charge on any atom is -0.456 e. The van der Waals surface area contributed by atoms with Crippen LogP contribution in [0.15, 0.2) is 179 Å². The lowest BCUT2D eigenvalue weighted by Crippen LogP contribution is -2.30. The second-order valence-electron chi connectivity index (χ2n) is 17.9. The van der Waals surface area contributed by atoms with E-state index < -0.39 is 0 Å². The van der Waals surface area contributed by atoms with Crippen molar-refractivity contribution < 1.29 is 8.83 Å². The zero-order valence-electron chi connectivity index (χ0n) is 34.9. The molecule has 0 spiro atoms. The number of benzene rings is 9. The van der Waals surface area contributed by atoms with Crippen LogP contribution in [-0.2, 0) is 10.8 Å². The van der Waals surface area contributed by atoms with Crippen LogP contribution in [-0.4, -0.2) is 0 Å². The fourth-order valence-electron chi connectivity index (χ4n) is 10.3. The van der Waals surface area contributed by atoms with E-state index in [2.05, 4.69) is 215 Å². The normalized spacial score (nSPS) is 13.8. The molecule has 61 heavy (non-hydrogen) atoms. The highest BCUT2D eigenvalue weighted by molar-refractivity contribution is 6.25. The van der Waals surface area contributed by atoms with E-state index in [9.17, 15) is 0 Å². The van der Waals surface area contributed by atoms with Gasteiger partial charge in [0.2, 0.25) is 0 Å². The first-order chi connectivity index (χ1) is 29.6. The molecule has 1 aliphatic heterocycles. The minimum absolute atomic E-state index is 0.110. The van der Waals surface area contributed by atoms with Gasteiger partial charge in [0.05, 0.1) is 16.8 Å². The highest BCUT2D eigenvalue weighted by atomic mass is 16.3. The smallest absolute Gasteiger partial charge is 0.147 e. The molecule has 1 aliphatic rings. The molecule has 0 bridgehead atoms. The molecule has 1 N–H and O–H groups in total. The molecule has 0 saturated heterocycles. The summed E-state index contributed by atoms with van der Waals surface area (Å²) in [6, 6.07) is 61.5. The molecule has 3 heterocycles. The third kappa shape index (κ3) is 5.31. The number of furan rings is 2. The first kappa shape index (κ1) is 35.6. The van der Waals surface area contributed by atoms with Crippen LogP contribution >= 0.6 is 0 Å². The van der Waals surface area contributed by atoms with Gasteiger partial charge in [-0.15, -0.1) is 0 Å². The number of nitrogens with one attached hydrogen (secondary N) is 1. The Hall–Kier alpha value is -7.30. The SMILES string of the molecule is Cc1cc2c3cc4ccc(N5c6ccccc6C(C)(C)c6ccccc65)cc4cc3oc2c2c1oc1cc3cc(Nc4ccccc4C(C)(C)c4ccccc4)ccc3cc12. The van der Waals surface area contributed by atoms with Crippen LogP contribution in [0.3, 0.4) is 0 Å². The maximum absolute atomic E-state index is 6.90. The van der Waals surface area contributed by atoms with Crippen molar-refractivity contribution in [3.8, 4) is 0 Å². The van der Waals surface area contributed by atoms with Crippen molar-refractivity contribution in [3.05, 3.63) is 198 Å². The van der Waals surface area contributed by atoms with Crippen LogP contribution in [0.1, 0.15) is 55.5 Å². The number of nitrogens with zero attached hydrogens (tertiary/aromatic N) is 1. The zero-order chi connectivity index (χ0) is 41.2. The largest absolute Gasteiger partial charge is 0.456 e. The molecule has 0 aliphatic carbocycles. The monoisotopic (exact) mass is 788 g/mol.